The van der Waals surface area contributed by atoms with Crippen LogP contribution in [0.5, 0.6) is 0 Å². The lowest BCUT2D eigenvalue weighted by Gasteiger charge is -2.12. The molecule has 0 aliphatic rings. The number of rotatable bonds is 11. The van der Waals surface area contributed by atoms with E-state index in [0.717, 1.165) is 17.5 Å². The second-order valence-electron chi connectivity index (χ2n) is 7.70. The number of sulfonamides is 1. The lowest BCUT2D eigenvalue weighted by molar-refractivity contribution is -0.119. The summed E-state index contributed by atoms with van der Waals surface area (Å²) in [5.41, 5.74) is 3.05. The van der Waals surface area contributed by atoms with E-state index in [4.69, 9.17) is 4.74 Å². The van der Waals surface area contributed by atoms with Crippen molar-refractivity contribution in [1.82, 2.24) is 10.0 Å². The van der Waals surface area contributed by atoms with E-state index in [1.54, 1.807) is 0 Å². The fourth-order valence-corrected chi connectivity index (χ4v) is 3.95. The highest BCUT2D eigenvalue weighted by Crippen LogP contribution is 2.15. The Hall–Kier alpha value is -2.87. The van der Waals surface area contributed by atoms with Crippen LogP contribution in [0, 0.1) is 5.92 Å². The highest BCUT2D eigenvalue weighted by Gasteiger charge is 2.16. The number of hydrogen-bond acceptors (Lipinski definition) is 5. The third kappa shape index (κ3) is 9.65. The molecule has 2 aromatic rings. The number of carbonyl (C=O) groups is 2. The molecular formula is C23H30N2O5S. The number of hydrogen-bond donors (Lipinski definition) is 2. The lowest BCUT2D eigenvalue weighted by Crippen LogP contribution is -2.37. The van der Waals surface area contributed by atoms with Gasteiger partial charge < -0.3 is 10.1 Å². The first-order chi connectivity index (χ1) is 14.7. The SMILES string of the molecule is CC(C)Cc1ccccc1CCC(=O)NS(=O)(=O)CCNC(=O)OCc1ccccc1. The van der Waals surface area contributed by atoms with Crippen LogP contribution in [0.15, 0.2) is 54.6 Å². The number of carbonyl (C=O) groups excluding carboxylic acids is 2. The molecule has 0 bridgehead atoms. The molecule has 168 valence electrons. The number of ether oxygens (including phenoxy) is 1. The van der Waals surface area contributed by atoms with Gasteiger partial charge in [-0.2, -0.15) is 0 Å². The Labute approximate surface area is 184 Å². The topological polar surface area (TPSA) is 102 Å². The minimum absolute atomic E-state index is 0.0703. The van der Waals surface area contributed by atoms with Crippen molar-refractivity contribution in [1.29, 1.82) is 0 Å². The van der Waals surface area contributed by atoms with Gasteiger partial charge in [0.05, 0.1) is 5.75 Å². The van der Waals surface area contributed by atoms with Crippen molar-refractivity contribution in [2.75, 3.05) is 12.3 Å². The molecule has 0 heterocycles. The van der Waals surface area contributed by atoms with Gasteiger partial charge in [-0.25, -0.2) is 13.2 Å². The molecule has 31 heavy (non-hydrogen) atoms. The van der Waals surface area contributed by atoms with Crippen LogP contribution in [0.3, 0.4) is 0 Å². The largest absolute Gasteiger partial charge is 0.445 e. The molecule has 0 atom stereocenters. The summed E-state index contributed by atoms with van der Waals surface area (Å²) >= 11 is 0. The predicted octanol–water partition coefficient (Wildman–Crippen LogP) is 3.19. The Kier molecular flexibility index (Phi) is 9.52. The van der Waals surface area contributed by atoms with Crippen LogP contribution in [0.1, 0.15) is 37.0 Å². The Morgan fingerprint density at radius 1 is 0.968 bits per heavy atom. The van der Waals surface area contributed by atoms with E-state index in [-0.39, 0.29) is 19.6 Å². The molecule has 2 rings (SSSR count). The molecule has 8 heteroatoms. The van der Waals surface area contributed by atoms with Crippen molar-refractivity contribution in [2.24, 2.45) is 5.92 Å². The van der Waals surface area contributed by atoms with Crippen molar-refractivity contribution in [3.8, 4) is 0 Å². The van der Waals surface area contributed by atoms with Gasteiger partial charge >= 0.3 is 6.09 Å². The molecule has 2 amide bonds. The zero-order valence-corrected chi connectivity index (χ0v) is 18.8. The molecule has 0 spiro atoms. The molecule has 0 aliphatic carbocycles. The summed E-state index contributed by atoms with van der Waals surface area (Å²) in [6.45, 7) is 4.19. The zero-order valence-electron chi connectivity index (χ0n) is 18.0. The molecule has 0 saturated heterocycles. The van der Waals surface area contributed by atoms with Crippen molar-refractivity contribution in [3.63, 3.8) is 0 Å². The van der Waals surface area contributed by atoms with Crippen LogP contribution < -0.4 is 10.0 Å². The number of alkyl carbamates (subject to hydrolysis) is 1. The monoisotopic (exact) mass is 446 g/mol. The summed E-state index contributed by atoms with van der Waals surface area (Å²) in [5.74, 6) is -0.489. The van der Waals surface area contributed by atoms with E-state index >= 15 is 0 Å². The van der Waals surface area contributed by atoms with Gasteiger partial charge in [0, 0.05) is 13.0 Å². The second-order valence-corrected chi connectivity index (χ2v) is 9.54. The highest BCUT2D eigenvalue weighted by molar-refractivity contribution is 7.90. The maximum Gasteiger partial charge on any atom is 0.407 e. The van der Waals surface area contributed by atoms with Gasteiger partial charge in [-0.3, -0.25) is 9.52 Å². The van der Waals surface area contributed by atoms with Gasteiger partial charge in [-0.05, 0) is 35.4 Å². The molecule has 2 aromatic carbocycles. The van der Waals surface area contributed by atoms with Gasteiger partial charge in [0.25, 0.3) is 0 Å². The van der Waals surface area contributed by atoms with Gasteiger partial charge in [0.1, 0.15) is 6.61 Å². The molecule has 0 fully saturated rings. The summed E-state index contributed by atoms with van der Waals surface area (Å²) in [4.78, 5) is 23.8. The van der Waals surface area contributed by atoms with Crippen LogP contribution in [0.2, 0.25) is 0 Å². The summed E-state index contributed by atoms with van der Waals surface area (Å²) in [5, 5.41) is 2.37. The molecular weight excluding hydrogens is 416 g/mol. The van der Waals surface area contributed by atoms with Crippen LogP contribution >= 0.6 is 0 Å². The zero-order chi connectivity index (χ0) is 22.7. The summed E-state index contributed by atoms with van der Waals surface area (Å²) in [6.07, 6.45) is 0.726. The standard InChI is InChI=1S/C23H30N2O5S/c1-18(2)16-21-11-7-6-10-20(21)12-13-22(26)25-31(28,29)15-14-24-23(27)30-17-19-8-4-3-5-9-19/h3-11,18H,12-17H2,1-2H3,(H,24,27)(H,25,26). The minimum Gasteiger partial charge on any atom is -0.445 e. The first-order valence-corrected chi connectivity index (χ1v) is 11.9. The number of aryl methyl sites for hydroxylation is 1. The average Bonchev–Trinajstić information content (AvgIpc) is 2.71. The third-order valence-corrected chi connectivity index (χ3v) is 5.77. The molecule has 0 aliphatic heterocycles. The Morgan fingerprint density at radius 2 is 1.61 bits per heavy atom. The van der Waals surface area contributed by atoms with Gasteiger partial charge in [0.2, 0.25) is 15.9 Å². The Bertz CT molecular complexity index is 959. The average molecular weight is 447 g/mol. The summed E-state index contributed by atoms with van der Waals surface area (Å²) < 4.78 is 31.3. The molecule has 2 N–H and O–H groups in total. The van der Waals surface area contributed by atoms with Crippen molar-refractivity contribution in [3.05, 3.63) is 71.3 Å². The van der Waals surface area contributed by atoms with E-state index in [9.17, 15) is 18.0 Å². The quantitative estimate of drug-likeness (QED) is 0.552. The summed E-state index contributed by atoms with van der Waals surface area (Å²) in [6, 6.07) is 17.0. The Morgan fingerprint density at radius 3 is 2.29 bits per heavy atom. The first-order valence-electron chi connectivity index (χ1n) is 10.3. The van der Waals surface area contributed by atoms with Gasteiger partial charge in [0.15, 0.2) is 0 Å². The smallest absolute Gasteiger partial charge is 0.407 e. The van der Waals surface area contributed by atoms with E-state index in [1.807, 2.05) is 54.6 Å². The lowest BCUT2D eigenvalue weighted by atomic mass is 9.95. The number of amides is 2. The second kappa shape index (κ2) is 12.1. The van der Waals surface area contributed by atoms with E-state index in [2.05, 4.69) is 23.9 Å². The van der Waals surface area contributed by atoms with Gasteiger partial charge in [-0.1, -0.05) is 68.4 Å². The fraction of sp³-hybridized carbons (Fsp3) is 0.391. The Balaban J connectivity index is 1.72. The number of nitrogens with one attached hydrogen (secondary N) is 2. The van der Waals surface area contributed by atoms with Crippen LogP contribution in [-0.2, 0) is 39.0 Å². The number of benzene rings is 2. The normalized spacial score (nSPS) is 11.2. The van der Waals surface area contributed by atoms with Crippen LogP contribution in [0.4, 0.5) is 4.79 Å². The van der Waals surface area contributed by atoms with Gasteiger partial charge in [-0.15, -0.1) is 0 Å². The molecule has 0 unspecified atom stereocenters. The summed E-state index contributed by atoms with van der Waals surface area (Å²) in [7, 11) is -3.85. The van der Waals surface area contributed by atoms with Crippen LogP contribution in [-0.4, -0.2) is 32.7 Å². The fourth-order valence-electron chi connectivity index (χ4n) is 3.03. The van der Waals surface area contributed by atoms with E-state index in [0.29, 0.717) is 12.3 Å². The maximum absolute atomic E-state index is 12.1. The third-order valence-electron chi connectivity index (χ3n) is 4.49. The van der Waals surface area contributed by atoms with E-state index in [1.165, 1.54) is 5.56 Å². The molecule has 0 saturated carbocycles. The van der Waals surface area contributed by atoms with Crippen LogP contribution in [0.25, 0.3) is 0 Å². The highest BCUT2D eigenvalue weighted by atomic mass is 32.2. The van der Waals surface area contributed by atoms with E-state index < -0.39 is 27.8 Å². The molecule has 0 radical (unpaired) electrons. The van der Waals surface area contributed by atoms with Crippen molar-refractivity contribution >= 4 is 22.0 Å². The predicted molar refractivity (Wildman–Crippen MR) is 120 cm³/mol. The molecule has 7 nitrogen and oxygen atoms in total. The van der Waals surface area contributed by atoms with Crippen molar-refractivity contribution < 1.29 is 22.7 Å². The minimum atomic E-state index is -3.85. The van der Waals surface area contributed by atoms with Crippen molar-refractivity contribution in [2.45, 2.75) is 39.7 Å². The maximum atomic E-state index is 12.1. The first kappa shape index (κ1) is 24.4. The molecule has 0 aromatic heterocycles.